The van der Waals surface area contributed by atoms with Gasteiger partial charge in [-0.3, -0.25) is 4.79 Å². The highest BCUT2D eigenvalue weighted by Gasteiger charge is 2.19. The molecule has 114 valence electrons. The maximum absolute atomic E-state index is 11.2. The van der Waals surface area contributed by atoms with Gasteiger partial charge in [-0.1, -0.05) is 0 Å². The average molecular weight is 287 g/mol. The lowest BCUT2D eigenvalue weighted by molar-refractivity contribution is -0.144. The Balaban J connectivity index is 4.43. The van der Waals surface area contributed by atoms with Gasteiger partial charge in [0.25, 0.3) is 0 Å². The zero-order valence-corrected chi connectivity index (χ0v) is 12.0. The van der Waals surface area contributed by atoms with E-state index < -0.39 is 23.9 Å². The molecule has 0 spiro atoms. The number of carboxylic acids is 1. The average Bonchev–Trinajstić information content (AvgIpc) is 2.34. The largest absolute Gasteiger partial charge is 0.480 e. The van der Waals surface area contributed by atoms with E-state index >= 15 is 0 Å². The molecular weight excluding hydrogens is 266 g/mol. The van der Waals surface area contributed by atoms with Crippen molar-refractivity contribution in [1.29, 1.82) is 0 Å². The van der Waals surface area contributed by atoms with Crippen molar-refractivity contribution in [3.05, 3.63) is 11.8 Å². The third kappa shape index (κ3) is 8.12. The first-order chi connectivity index (χ1) is 9.40. The highest BCUT2D eigenvalue weighted by atomic mass is 16.5. The minimum Gasteiger partial charge on any atom is -0.480 e. The number of nitrogens with one attached hydrogen (secondary N) is 1. The van der Waals surface area contributed by atoms with Gasteiger partial charge in [0.1, 0.15) is 6.04 Å². The van der Waals surface area contributed by atoms with Crippen molar-refractivity contribution in [3.8, 4) is 0 Å². The molecule has 0 heterocycles. The summed E-state index contributed by atoms with van der Waals surface area (Å²) in [7, 11) is 0. The van der Waals surface area contributed by atoms with E-state index in [1.807, 2.05) is 0 Å². The molecule has 2 N–H and O–H groups in total. The SMILES string of the molecule is CCOC(=O)/C=C(\C)N[C@@H](CCC(=O)OCC)C(=O)O. The van der Waals surface area contributed by atoms with Gasteiger partial charge in [-0.15, -0.1) is 0 Å². The van der Waals surface area contributed by atoms with Gasteiger partial charge in [0, 0.05) is 18.2 Å². The molecule has 0 bridgehead atoms. The molecule has 0 amide bonds. The first-order valence-electron chi connectivity index (χ1n) is 6.40. The first kappa shape index (κ1) is 17.9. The fourth-order valence-electron chi connectivity index (χ4n) is 1.43. The number of rotatable bonds is 9. The maximum atomic E-state index is 11.2. The van der Waals surface area contributed by atoms with E-state index in [1.54, 1.807) is 20.8 Å². The zero-order chi connectivity index (χ0) is 15.5. The Hall–Kier alpha value is -2.05. The second-order valence-corrected chi connectivity index (χ2v) is 3.96. The zero-order valence-electron chi connectivity index (χ0n) is 12.0. The van der Waals surface area contributed by atoms with Crippen LogP contribution >= 0.6 is 0 Å². The number of allylic oxidation sites excluding steroid dienone is 1. The fraction of sp³-hybridized carbons (Fsp3) is 0.615. The summed E-state index contributed by atoms with van der Waals surface area (Å²) in [5.41, 5.74) is 0.361. The van der Waals surface area contributed by atoms with E-state index in [0.29, 0.717) is 5.70 Å². The maximum Gasteiger partial charge on any atom is 0.332 e. The van der Waals surface area contributed by atoms with Crippen LogP contribution in [0.4, 0.5) is 0 Å². The summed E-state index contributed by atoms with van der Waals surface area (Å²) in [5.74, 6) is -2.11. The van der Waals surface area contributed by atoms with Crippen molar-refractivity contribution in [2.24, 2.45) is 0 Å². The van der Waals surface area contributed by atoms with Gasteiger partial charge in [0.05, 0.1) is 13.2 Å². The summed E-state index contributed by atoms with van der Waals surface area (Å²) in [6, 6.07) is -0.968. The van der Waals surface area contributed by atoms with E-state index in [1.165, 1.54) is 6.08 Å². The quantitative estimate of drug-likeness (QED) is 0.478. The van der Waals surface area contributed by atoms with Crippen molar-refractivity contribution < 1.29 is 29.0 Å². The summed E-state index contributed by atoms with van der Waals surface area (Å²) >= 11 is 0. The number of ether oxygens (including phenoxy) is 2. The predicted octanol–water partition coefficient (Wildman–Crippen LogP) is 0.839. The smallest absolute Gasteiger partial charge is 0.332 e. The summed E-state index contributed by atoms with van der Waals surface area (Å²) in [4.78, 5) is 33.4. The number of carboxylic acid groups (broad SMARTS) is 1. The van der Waals surface area contributed by atoms with Crippen LogP contribution in [-0.2, 0) is 23.9 Å². The standard InChI is InChI=1S/C13H21NO6/c1-4-19-11(15)7-6-10(13(17)18)14-9(3)8-12(16)20-5-2/h8,10,14H,4-7H2,1-3H3,(H,17,18)/b9-8+/t10-/m0/s1. The van der Waals surface area contributed by atoms with Gasteiger partial charge in [-0.2, -0.15) is 0 Å². The molecule has 0 saturated carbocycles. The van der Waals surface area contributed by atoms with E-state index in [4.69, 9.17) is 14.6 Å². The number of esters is 2. The van der Waals surface area contributed by atoms with Crippen LogP contribution in [0.3, 0.4) is 0 Å². The van der Waals surface area contributed by atoms with Crippen LogP contribution in [0.15, 0.2) is 11.8 Å². The minimum absolute atomic E-state index is 0.00943. The van der Waals surface area contributed by atoms with E-state index in [9.17, 15) is 14.4 Å². The number of hydrogen-bond donors (Lipinski definition) is 2. The number of carbonyl (C=O) groups excluding carboxylic acids is 2. The lowest BCUT2D eigenvalue weighted by atomic mass is 10.1. The fourth-order valence-corrected chi connectivity index (χ4v) is 1.43. The highest BCUT2D eigenvalue weighted by Crippen LogP contribution is 2.03. The molecule has 0 aromatic carbocycles. The van der Waals surface area contributed by atoms with Crippen LogP contribution in [-0.4, -0.2) is 42.3 Å². The second kappa shape index (κ2) is 9.82. The number of aliphatic carboxylic acids is 1. The number of carbonyl (C=O) groups is 3. The Labute approximate surface area is 117 Å². The minimum atomic E-state index is -1.11. The molecular formula is C13H21NO6. The van der Waals surface area contributed by atoms with Gasteiger partial charge in [-0.25, -0.2) is 9.59 Å². The van der Waals surface area contributed by atoms with Gasteiger partial charge < -0.3 is 19.9 Å². The Morgan fingerprint density at radius 1 is 1.20 bits per heavy atom. The van der Waals surface area contributed by atoms with E-state index in [-0.39, 0.29) is 26.1 Å². The highest BCUT2D eigenvalue weighted by molar-refractivity contribution is 5.83. The van der Waals surface area contributed by atoms with Crippen molar-refractivity contribution in [3.63, 3.8) is 0 Å². The van der Waals surface area contributed by atoms with Crippen molar-refractivity contribution >= 4 is 17.9 Å². The molecule has 0 unspecified atom stereocenters. The third-order valence-electron chi connectivity index (χ3n) is 2.26. The Morgan fingerprint density at radius 2 is 1.80 bits per heavy atom. The van der Waals surface area contributed by atoms with Gasteiger partial charge in [0.2, 0.25) is 0 Å². The monoisotopic (exact) mass is 287 g/mol. The molecule has 7 heteroatoms. The van der Waals surface area contributed by atoms with E-state index in [2.05, 4.69) is 5.32 Å². The van der Waals surface area contributed by atoms with Crippen molar-refractivity contribution in [2.45, 2.75) is 39.7 Å². The Bertz CT molecular complexity index is 377. The topological polar surface area (TPSA) is 102 Å². The molecule has 0 aliphatic heterocycles. The second-order valence-electron chi connectivity index (χ2n) is 3.96. The molecule has 20 heavy (non-hydrogen) atoms. The van der Waals surface area contributed by atoms with Crippen LogP contribution in [0.2, 0.25) is 0 Å². The lowest BCUT2D eigenvalue weighted by Gasteiger charge is -2.15. The molecule has 7 nitrogen and oxygen atoms in total. The lowest BCUT2D eigenvalue weighted by Crippen LogP contribution is -2.36. The van der Waals surface area contributed by atoms with Gasteiger partial charge >= 0.3 is 17.9 Å². The van der Waals surface area contributed by atoms with Crippen molar-refractivity contribution in [1.82, 2.24) is 5.32 Å². The van der Waals surface area contributed by atoms with Crippen LogP contribution in [0.1, 0.15) is 33.6 Å². The Morgan fingerprint density at radius 3 is 2.30 bits per heavy atom. The molecule has 0 saturated heterocycles. The summed E-state index contributed by atoms with van der Waals surface area (Å²) in [5, 5.41) is 11.7. The van der Waals surface area contributed by atoms with Crippen molar-refractivity contribution in [2.75, 3.05) is 13.2 Å². The molecule has 0 aromatic rings. The summed E-state index contributed by atoms with van der Waals surface area (Å²) < 4.78 is 9.43. The normalized spacial score (nSPS) is 12.4. The van der Waals surface area contributed by atoms with Crippen LogP contribution in [0.5, 0.6) is 0 Å². The molecule has 0 rings (SSSR count). The molecule has 1 atom stereocenters. The predicted molar refractivity (Wildman–Crippen MR) is 70.8 cm³/mol. The Kier molecular flexibility index (Phi) is 8.82. The molecule has 0 radical (unpaired) electrons. The molecule has 0 aliphatic rings. The van der Waals surface area contributed by atoms with Gasteiger partial charge in [-0.05, 0) is 27.2 Å². The molecule has 0 fully saturated rings. The summed E-state index contributed by atoms with van der Waals surface area (Å²) in [6.45, 7) is 5.40. The summed E-state index contributed by atoms with van der Waals surface area (Å²) in [6.07, 6.45) is 1.23. The molecule has 0 aliphatic carbocycles. The first-order valence-corrected chi connectivity index (χ1v) is 6.40. The van der Waals surface area contributed by atoms with Gasteiger partial charge in [0.15, 0.2) is 0 Å². The third-order valence-corrected chi connectivity index (χ3v) is 2.26. The van der Waals surface area contributed by atoms with E-state index in [0.717, 1.165) is 0 Å². The number of hydrogen-bond acceptors (Lipinski definition) is 6. The van der Waals surface area contributed by atoms with Crippen LogP contribution in [0, 0.1) is 0 Å². The van der Waals surface area contributed by atoms with Crippen LogP contribution < -0.4 is 5.32 Å². The molecule has 0 aromatic heterocycles. The van der Waals surface area contributed by atoms with Crippen LogP contribution in [0.25, 0.3) is 0 Å².